The number of para-hydroxylation sites is 2. The van der Waals surface area contributed by atoms with Gasteiger partial charge in [0.15, 0.2) is 17.1 Å². The number of carboxylic acids is 3. The molecule has 116 valence electrons. The Bertz CT molecular complexity index is 486. The number of aliphatic carboxylic acids is 3. The van der Waals surface area contributed by atoms with Crippen molar-refractivity contribution in [2.45, 2.75) is 18.4 Å². The van der Waals surface area contributed by atoms with Gasteiger partial charge < -0.3 is 30.6 Å². The zero-order chi connectivity index (χ0) is 16.6. The predicted octanol–water partition coefficient (Wildman–Crippen LogP) is -0.151. The number of aromatic hydroxyl groups is 2. The molecule has 9 heteroatoms. The van der Waals surface area contributed by atoms with Crippen molar-refractivity contribution in [2.75, 3.05) is 0 Å². The van der Waals surface area contributed by atoms with E-state index in [0.29, 0.717) is 0 Å². The van der Waals surface area contributed by atoms with Crippen LogP contribution >= 0.6 is 0 Å². The maximum absolute atomic E-state index is 10.3. The van der Waals surface area contributed by atoms with Gasteiger partial charge in [0.25, 0.3) is 0 Å². The van der Waals surface area contributed by atoms with Crippen molar-refractivity contribution in [2.24, 2.45) is 0 Å². The lowest BCUT2D eigenvalue weighted by molar-refractivity contribution is -0.170. The van der Waals surface area contributed by atoms with Crippen LogP contribution in [0.4, 0.5) is 0 Å². The zero-order valence-electron chi connectivity index (χ0n) is 10.6. The average Bonchev–Trinajstić information content (AvgIpc) is 2.31. The lowest BCUT2D eigenvalue weighted by Crippen LogP contribution is -2.42. The number of rotatable bonds is 5. The molecular formula is C12H14O9. The second-order valence-electron chi connectivity index (χ2n) is 3.97. The molecule has 0 radical (unpaired) electrons. The van der Waals surface area contributed by atoms with Gasteiger partial charge in [-0.2, -0.15) is 0 Å². The van der Waals surface area contributed by atoms with Crippen LogP contribution < -0.4 is 0 Å². The summed E-state index contributed by atoms with van der Waals surface area (Å²) >= 11 is 0. The molecule has 0 aliphatic carbocycles. The van der Waals surface area contributed by atoms with E-state index in [1.807, 2.05) is 0 Å². The van der Waals surface area contributed by atoms with E-state index < -0.39 is 36.4 Å². The Morgan fingerprint density at radius 1 is 0.857 bits per heavy atom. The molecule has 0 amide bonds. The van der Waals surface area contributed by atoms with Crippen molar-refractivity contribution < 1.29 is 45.0 Å². The molecule has 1 aromatic carbocycles. The van der Waals surface area contributed by atoms with Gasteiger partial charge in [-0.05, 0) is 12.1 Å². The highest BCUT2D eigenvalue weighted by molar-refractivity contribution is 5.88. The molecular weight excluding hydrogens is 288 g/mol. The summed E-state index contributed by atoms with van der Waals surface area (Å²) in [5, 5.41) is 51.1. The molecule has 0 spiro atoms. The number of phenolic OH excluding ortho intramolecular Hbond substituents is 2. The average molecular weight is 302 g/mol. The molecule has 0 unspecified atom stereocenters. The molecule has 0 heterocycles. The molecule has 6 N–H and O–H groups in total. The fourth-order valence-electron chi connectivity index (χ4n) is 1.18. The molecule has 21 heavy (non-hydrogen) atoms. The summed E-state index contributed by atoms with van der Waals surface area (Å²) in [6.07, 6.45) is -2.29. The second-order valence-corrected chi connectivity index (χ2v) is 3.97. The van der Waals surface area contributed by atoms with Crippen molar-refractivity contribution in [1.82, 2.24) is 0 Å². The van der Waals surface area contributed by atoms with E-state index in [0.717, 1.165) is 0 Å². The highest BCUT2D eigenvalue weighted by Crippen LogP contribution is 2.21. The monoisotopic (exact) mass is 302 g/mol. The van der Waals surface area contributed by atoms with Gasteiger partial charge in [-0.15, -0.1) is 0 Å². The van der Waals surface area contributed by atoms with Crippen molar-refractivity contribution in [3.05, 3.63) is 24.3 Å². The maximum atomic E-state index is 10.3. The Hall–Kier alpha value is -2.81. The van der Waals surface area contributed by atoms with E-state index in [4.69, 9.17) is 30.6 Å². The van der Waals surface area contributed by atoms with Gasteiger partial charge in [0, 0.05) is 0 Å². The fourth-order valence-corrected chi connectivity index (χ4v) is 1.18. The third-order valence-electron chi connectivity index (χ3n) is 2.17. The summed E-state index contributed by atoms with van der Waals surface area (Å²) in [6.45, 7) is 0. The number of carboxylic acid groups (broad SMARTS) is 3. The number of hydrogen-bond donors (Lipinski definition) is 6. The normalized spacial score (nSPS) is 10.1. The van der Waals surface area contributed by atoms with Crippen LogP contribution in [0, 0.1) is 0 Å². The minimum absolute atomic E-state index is 0.0764. The minimum atomic E-state index is -2.74. The molecule has 0 saturated carbocycles. The number of benzene rings is 1. The number of phenols is 2. The predicted molar refractivity (Wildman–Crippen MR) is 66.9 cm³/mol. The Labute approximate surface area is 118 Å². The first-order chi connectivity index (χ1) is 9.58. The first kappa shape index (κ1) is 18.2. The van der Waals surface area contributed by atoms with Gasteiger partial charge in [0.2, 0.25) is 0 Å². The first-order valence-corrected chi connectivity index (χ1v) is 5.45. The van der Waals surface area contributed by atoms with Crippen LogP contribution in [0.15, 0.2) is 24.3 Å². The molecule has 1 aromatic rings. The van der Waals surface area contributed by atoms with Gasteiger partial charge in [-0.1, -0.05) is 12.1 Å². The van der Waals surface area contributed by atoms with Crippen molar-refractivity contribution in [3.8, 4) is 11.5 Å². The van der Waals surface area contributed by atoms with Crippen LogP contribution in [0.25, 0.3) is 0 Å². The zero-order valence-corrected chi connectivity index (χ0v) is 10.6. The fraction of sp³-hybridized carbons (Fsp3) is 0.250. The topological polar surface area (TPSA) is 173 Å². The molecule has 9 nitrogen and oxygen atoms in total. The summed E-state index contributed by atoms with van der Waals surface area (Å²) in [5.74, 6) is -5.17. The molecule has 0 atom stereocenters. The highest BCUT2D eigenvalue weighted by atomic mass is 16.4. The van der Waals surface area contributed by atoms with Crippen LogP contribution in [-0.4, -0.2) is 54.1 Å². The Morgan fingerprint density at radius 3 is 1.38 bits per heavy atom. The Kier molecular flexibility index (Phi) is 6.67. The molecule has 0 bridgehead atoms. The third-order valence-corrected chi connectivity index (χ3v) is 2.17. The van der Waals surface area contributed by atoms with Crippen molar-refractivity contribution >= 4 is 17.9 Å². The van der Waals surface area contributed by atoms with Gasteiger partial charge >= 0.3 is 17.9 Å². The van der Waals surface area contributed by atoms with Gasteiger partial charge in [0.05, 0.1) is 12.8 Å². The minimum Gasteiger partial charge on any atom is -0.504 e. The van der Waals surface area contributed by atoms with Crippen molar-refractivity contribution in [3.63, 3.8) is 0 Å². The van der Waals surface area contributed by atoms with Crippen LogP contribution in [0.1, 0.15) is 12.8 Å². The largest absolute Gasteiger partial charge is 0.504 e. The molecule has 0 aliphatic rings. The van der Waals surface area contributed by atoms with Crippen molar-refractivity contribution in [1.29, 1.82) is 0 Å². The number of aliphatic hydroxyl groups is 1. The molecule has 0 saturated heterocycles. The molecule has 1 rings (SSSR count). The van der Waals surface area contributed by atoms with E-state index in [1.165, 1.54) is 12.1 Å². The van der Waals surface area contributed by atoms with E-state index >= 15 is 0 Å². The van der Waals surface area contributed by atoms with E-state index in [1.54, 1.807) is 12.1 Å². The highest BCUT2D eigenvalue weighted by Gasteiger charge is 2.40. The molecule has 0 aliphatic heterocycles. The van der Waals surface area contributed by atoms with Crippen LogP contribution in [0.3, 0.4) is 0 Å². The summed E-state index contributed by atoms with van der Waals surface area (Å²) in [7, 11) is 0. The summed E-state index contributed by atoms with van der Waals surface area (Å²) in [6, 6.07) is 6.15. The third kappa shape index (κ3) is 6.78. The number of hydrogen-bond acceptors (Lipinski definition) is 6. The first-order valence-electron chi connectivity index (χ1n) is 5.45. The van der Waals surface area contributed by atoms with Gasteiger partial charge in [0.1, 0.15) is 0 Å². The van der Waals surface area contributed by atoms with Crippen LogP contribution in [0.5, 0.6) is 11.5 Å². The smallest absolute Gasteiger partial charge is 0.336 e. The summed E-state index contributed by atoms with van der Waals surface area (Å²) in [5.41, 5.74) is -2.74. The van der Waals surface area contributed by atoms with Crippen LogP contribution in [-0.2, 0) is 14.4 Å². The van der Waals surface area contributed by atoms with E-state index in [2.05, 4.69) is 0 Å². The maximum Gasteiger partial charge on any atom is 0.336 e. The Morgan fingerprint density at radius 2 is 1.19 bits per heavy atom. The quantitative estimate of drug-likeness (QED) is 0.404. The van der Waals surface area contributed by atoms with Gasteiger partial charge in [-0.25, -0.2) is 4.79 Å². The van der Waals surface area contributed by atoms with E-state index in [9.17, 15) is 14.4 Å². The summed E-state index contributed by atoms with van der Waals surface area (Å²) in [4.78, 5) is 30.5. The van der Waals surface area contributed by atoms with E-state index in [-0.39, 0.29) is 11.5 Å². The standard InChI is InChI=1S/C6H8O7.C6H6O2/c7-3(8)1-6(13,5(11)12)2-4(9)10;7-5-3-1-2-4-6(5)8/h13H,1-2H2,(H,7,8)(H,9,10)(H,11,12);1-4,7-8H. The second kappa shape index (κ2) is 7.70. The SMILES string of the molecule is O=C(O)CC(O)(CC(=O)O)C(=O)O.Oc1ccccc1O. The molecule has 0 fully saturated rings. The van der Waals surface area contributed by atoms with Gasteiger partial charge in [-0.3, -0.25) is 9.59 Å². The lowest BCUT2D eigenvalue weighted by Gasteiger charge is -2.18. The lowest BCUT2D eigenvalue weighted by atomic mass is 9.96. The summed E-state index contributed by atoms with van der Waals surface area (Å²) < 4.78 is 0. The van der Waals surface area contributed by atoms with Crippen LogP contribution in [0.2, 0.25) is 0 Å². The molecule has 0 aromatic heterocycles. The number of carbonyl (C=O) groups is 3. The Balaban J connectivity index is 0.000000423.